The molecule has 20 heavy (non-hydrogen) atoms. The van der Waals surface area contributed by atoms with Crippen LogP contribution >= 0.6 is 0 Å². The van der Waals surface area contributed by atoms with Gasteiger partial charge in [-0.2, -0.15) is 0 Å². The normalized spacial score (nSPS) is 12.4. The molecule has 0 amide bonds. The number of benzene rings is 1. The highest BCUT2D eigenvalue weighted by Crippen LogP contribution is 2.19. The number of aryl methyl sites for hydroxylation is 3. The largest absolute Gasteiger partial charge is 0.493 e. The lowest BCUT2D eigenvalue weighted by atomic mass is 10.1. The minimum atomic E-state index is -0.0741. The Morgan fingerprint density at radius 1 is 1.35 bits per heavy atom. The van der Waals surface area contributed by atoms with Crippen molar-refractivity contribution in [1.82, 2.24) is 15.0 Å². The second-order valence-corrected chi connectivity index (χ2v) is 5.17. The van der Waals surface area contributed by atoms with E-state index >= 15 is 0 Å². The Hall–Kier alpha value is -1.88. The van der Waals surface area contributed by atoms with Gasteiger partial charge in [0.05, 0.1) is 18.5 Å². The third-order valence-corrected chi connectivity index (χ3v) is 3.16. The van der Waals surface area contributed by atoms with Crippen molar-refractivity contribution in [2.75, 3.05) is 6.61 Å². The van der Waals surface area contributed by atoms with Crippen LogP contribution in [0.1, 0.15) is 36.2 Å². The van der Waals surface area contributed by atoms with Crippen molar-refractivity contribution in [3.63, 3.8) is 0 Å². The summed E-state index contributed by atoms with van der Waals surface area (Å²) in [6.45, 7) is 7.47. The molecule has 5 heteroatoms. The Morgan fingerprint density at radius 3 is 2.85 bits per heavy atom. The summed E-state index contributed by atoms with van der Waals surface area (Å²) in [5, 5.41) is 8.07. The molecule has 2 aromatic rings. The quantitative estimate of drug-likeness (QED) is 0.821. The number of nitrogens with zero attached hydrogens (tertiary/aromatic N) is 3. The molecular formula is C15H22N4O. The van der Waals surface area contributed by atoms with Gasteiger partial charge in [0, 0.05) is 19.0 Å². The highest BCUT2D eigenvalue weighted by atomic mass is 16.5. The Balaban J connectivity index is 1.79. The summed E-state index contributed by atoms with van der Waals surface area (Å²) >= 11 is 0. The highest BCUT2D eigenvalue weighted by Gasteiger charge is 2.05. The van der Waals surface area contributed by atoms with Crippen LogP contribution in [-0.4, -0.2) is 21.6 Å². The molecule has 2 N–H and O–H groups in total. The van der Waals surface area contributed by atoms with Crippen molar-refractivity contribution in [3.05, 3.63) is 41.2 Å². The first-order valence-electron chi connectivity index (χ1n) is 6.92. The fourth-order valence-corrected chi connectivity index (χ4v) is 1.90. The third kappa shape index (κ3) is 3.81. The van der Waals surface area contributed by atoms with E-state index in [1.807, 2.05) is 17.8 Å². The number of aromatic nitrogens is 3. The molecule has 1 atom stereocenters. The average molecular weight is 274 g/mol. The van der Waals surface area contributed by atoms with E-state index < -0.39 is 0 Å². The van der Waals surface area contributed by atoms with E-state index in [2.05, 4.69) is 42.4 Å². The molecule has 0 fully saturated rings. The molecule has 2 rings (SSSR count). The molecule has 1 heterocycles. The van der Waals surface area contributed by atoms with Gasteiger partial charge in [0.25, 0.3) is 0 Å². The molecule has 0 radical (unpaired) electrons. The molecule has 5 nitrogen and oxygen atoms in total. The topological polar surface area (TPSA) is 66.0 Å². The maximum atomic E-state index is 5.81. The van der Waals surface area contributed by atoms with Crippen LogP contribution in [0.5, 0.6) is 5.75 Å². The molecule has 0 aliphatic heterocycles. The first kappa shape index (κ1) is 14.5. The molecule has 0 aliphatic carbocycles. The average Bonchev–Trinajstić information content (AvgIpc) is 2.87. The molecule has 0 bridgehead atoms. The van der Waals surface area contributed by atoms with Crippen LogP contribution in [0.3, 0.4) is 0 Å². The van der Waals surface area contributed by atoms with Gasteiger partial charge in [-0.15, -0.1) is 5.10 Å². The van der Waals surface area contributed by atoms with E-state index in [9.17, 15) is 0 Å². The summed E-state index contributed by atoms with van der Waals surface area (Å²) in [5.74, 6) is 0.958. The van der Waals surface area contributed by atoms with E-state index in [4.69, 9.17) is 10.5 Å². The molecule has 0 saturated carbocycles. The molecule has 0 spiro atoms. The molecular weight excluding hydrogens is 252 g/mol. The zero-order valence-corrected chi connectivity index (χ0v) is 12.3. The lowest BCUT2D eigenvalue weighted by Crippen LogP contribution is -2.06. The van der Waals surface area contributed by atoms with Gasteiger partial charge in [0.15, 0.2) is 0 Å². The van der Waals surface area contributed by atoms with E-state index in [0.717, 1.165) is 30.0 Å². The second-order valence-electron chi connectivity index (χ2n) is 5.17. The number of ether oxygens (including phenoxy) is 1. The SMILES string of the molecule is Cc1ccc(C)c(OCCCn2cc(C(C)N)nn2)c1. The van der Waals surface area contributed by atoms with Crippen LogP contribution < -0.4 is 10.5 Å². The molecule has 1 aromatic carbocycles. The summed E-state index contributed by atoms with van der Waals surface area (Å²) in [5.41, 5.74) is 8.94. The fourth-order valence-electron chi connectivity index (χ4n) is 1.90. The van der Waals surface area contributed by atoms with Crippen LogP contribution in [-0.2, 0) is 6.54 Å². The first-order valence-corrected chi connectivity index (χ1v) is 6.92. The van der Waals surface area contributed by atoms with Gasteiger partial charge >= 0.3 is 0 Å². The standard InChI is InChI=1S/C15H22N4O/c1-11-5-6-12(2)15(9-11)20-8-4-7-19-10-14(13(3)16)17-18-19/h5-6,9-10,13H,4,7-8,16H2,1-3H3. The summed E-state index contributed by atoms with van der Waals surface area (Å²) in [4.78, 5) is 0. The minimum Gasteiger partial charge on any atom is -0.493 e. The lowest BCUT2D eigenvalue weighted by Gasteiger charge is -2.09. The highest BCUT2D eigenvalue weighted by molar-refractivity contribution is 5.35. The van der Waals surface area contributed by atoms with Crippen molar-refractivity contribution in [1.29, 1.82) is 0 Å². The summed E-state index contributed by atoms with van der Waals surface area (Å²) < 4.78 is 7.62. The zero-order chi connectivity index (χ0) is 14.5. The van der Waals surface area contributed by atoms with Gasteiger partial charge < -0.3 is 10.5 Å². The maximum Gasteiger partial charge on any atom is 0.122 e. The van der Waals surface area contributed by atoms with Crippen LogP contribution in [0.4, 0.5) is 0 Å². The number of hydrogen-bond donors (Lipinski definition) is 1. The van der Waals surface area contributed by atoms with Crippen LogP contribution in [0.15, 0.2) is 24.4 Å². The molecule has 0 aliphatic rings. The van der Waals surface area contributed by atoms with Crippen LogP contribution in [0.25, 0.3) is 0 Å². The van der Waals surface area contributed by atoms with E-state index in [1.165, 1.54) is 5.56 Å². The molecule has 108 valence electrons. The Kier molecular flexibility index (Phi) is 4.74. The predicted octanol–water partition coefficient (Wildman–Crippen LogP) is 2.38. The van der Waals surface area contributed by atoms with E-state index in [-0.39, 0.29) is 6.04 Å². The van der Waals surface area contributed by atoms with Crippen molar-refractivity contribution in [2.45, 2.75) is 39.8 Å². The first-order chi connectivity index (χ1) is 9.56. The van der Waals surface area contributed by atoms with Crippen LogP contribution in [0.2, 0.25) is 0 Å². The predicted molar refractivity (Wildman–Crippen MR) is 78.7 cm³/mol. The number of nitrogens with two attached hydrogens (primary N) is 1. The van der Waals surface area contributed by atoms with E-state index in [0.29, 0.717) is 6.61 Å². The zero-order valence-electron chi connectivity index (χ0n) is 12.3. The second kappa shape index (κ2) is 6.52. The van der Waals surface area contributed by atoms with E-state index in [1.54, 1.807) is 0 Å². The Bertz CT molecular complexity index is 563. The monoisotopic (exact) mass is 274 g/mol. The van der Waals surface area contributed by atoms with Crippen molar-refractivity contribution in [2.24, 2.45) is 5.73 Å². The lowest BCUT2D eigenvalue weighted by molar-refractivity contribution is 0.296. The Morgan fingerprint density at radius 2 is 2.15 bits per heavy atom. The Labute approximate surface area is 119 Å². The third-order valence-electron chi connectivity index (χ3n) is 3.16. The van der Waals surface area contributed by atoms with Gasteiger partial charge in [0.1, 0.15) is 5.75 Å². The fraction of sp³-hybridized carbons (Fsp3) is 0.467. The van der Waals surface area contributed by atoms with Crippen LogP contribution in [0, 0.1) is 13.8 Å². The number of rotatable bonds is 6. The smallest absolute Gasteiger partial charge is 0.122 e. The molecule has 1 aromatic heterocycles. The molecule has 0 saturated heterocycles. The van der Waals surface area contributed by atoms with Crippen molar-refractivity contribution in [3.8, 4) is 5.75 Å². The van der Waals surface area contributed by atoms with Gasteiger partial charge in [-0.3, -0.25) is 4.68 Å². The van der Waals surface area contributed by atoms with Crippen molar-refractivity contribution < 1.29 is 4.74 Å². The van der Waals surface area contributed by atoms with Crippen molar-refractivity contribution >= 4 is 0 Å². The number of hydrogen-bond acceptors (Lipinski definition) is 4. The summed E-state index contributed by atoms with van der Waals surface area (Å²) in [6, 6.07) is 6.17. The summed E-state index contributed by atoms with van der Waals surface area (Å²) in [6.07, 6.45) is 2.78. The van der Waals surface area contributed by atoms with Gasteiger partial charge in [-0.05, 0) is 38.0 Å². The summed E-state index contributed by atoms with van der Waals surface area (Å²) in [7, 11) is 0. The minimum absolute atomic E-state index is 0.0741. The van der Waals surface area contributed by atoms with Gasteiger partial charge in [0.2, 0.25) is 0 Å². The molecule has 1 unspecified atom stereocenters. The maximum absolute atomic E-state index is 5.81. The van der Waals surface area contributed by atoms with Gasteiger partial charge in [-0.1, -0.05) is 17.3 Å². The van der Waals surface area contributed by atoms with Gasteiger partial charge in [-0.25, -0.2) is 0 Å².